The molecule has 1 unspecified atom stereocenters. The van der Waals surface area contributed by atoms with E-state index in [1.165, 1.54) is 17.3 Å². The number of hydrogen-bond acceptors (Lipinski definition) is 4. The summed E-state index contributed by atoms with van der Waals surface area (Å²) in [4.78, 5) is 1.01. The van der Waals surface area contributed by atoms with E-state index in [0.717, 1.165) is 21.6 Å². The highest BCUT2D eigenvalue weighted by molar-refractivity contribution is 8.00. The third-order valence-electron chi connectivity index (χ3n) is 4.93. The Bertz CT molecular complexity index is 1050. The summed E-state index contributed by atoms with van der Waals surface area (Å²) in [5.41, 5.74) is 4.03. The van der Waals surface area contributed by atoms with Gasteiger partial charge in [-0.15, -0.1) is 11.6 Å². The molecular formula is C25H24ClNO2S. The summed E-state index contributed by atoms with van der Waals surface area (Å²) in [6.07, 6.45) is 0.496. The van der Waals surface area contributed by atoms with Gasteiger partial charge >= 0.3 is 0 Å². The Morgan fingerprint density at radius 3 is 2.30 bits per heavy atom. The lowest BCUT2D eigenvalue weighted by atomic mass is 9.90. The molecule has 0 saturated heterocycles. The monoisotopic (exact) mass is 437 g/mol. The summed E-state index contributed by atoms with van der Waals surface area (Å²) >= 11 is 7.57. The van der Waals surface area contributed by atoms with Gasteiger partial charge < -0.3 is 9.47 Å². The normalized spacial score (nSPS) is 12.6. The van der Waals surface area contributed by atoms with Crippen molar-refractivity contribution in [3.63, 3.8) is 0 Å². The van der Waals surface area contributed by atoms with E-state index < -0.39 is 4.75 Å². The van der Waals surface area contributed by atoms with Gasteiger partial charge in [0.1, 0.15) is 4.75 Å². The lowest BCUT2D eigenvalue weighted by Gasteiger charge is -2.29. The first kappa shape index (κ1) is 22.1. The van der Waals surface area contributed by atoms with Gasteiger partial charge in [-0.25, -0.2) is 0 Å². The van der Waals surface area contributed by atoms with Crippen LogP contribution in [0.3, 0.4) is 0 Å². The number of rotatable bonds is 8. The Morgan fingerprint density at radius 2 is 1.67 bits per heavy atom. The molecule has 0 aliphatic carbocycles. The molecule has 0 spiro atoms. The summed E-state index contributed by atoms with van der Waals surface area (Å²) in [6.45, 7) is 2.05. The zero-order valence-corrected chi connectivity index (χ0v) is 18.9. The molecule has 0 fully saturated rings. The molecule has 0 radical (unpaired) electrons. The van der Waals surface area contributed by atoms with Crippen molar-refractivity contribution in [2.75, 3.05) is 14.2 Å². The van der Waals surface area contributed by atoms with Crippen LogP contribution in [0, 0.1) is 18.3 Å². The number of methoxy groups -OCH3 is 2. The molecule has 154 valence electrons. The van der Waals surface area contributed by atoms with E-state index in [1.54, 1.807) is 14.2 Å². The van der Waals surface area contributed by atoms with Gasteiger partial charge in [0.15, 0.2) is 11.5 Å². The molecule has 0 aromatic heterocycles. The minimum absolute atomic E-state index is 0.432. The number of hydrogen-bond donors (Lipinski definition) is 0. The molecule has 0 N–H and O–H groups in total. The maximum atomic E-state index is 10.5. The number of nitriles is 1. The van der Waals surface area contributed by atoms with Crippen molar-refractivity contribution in [1.29, 1.82) is 5.26 Å². The highest BCUT2D eigenvalue weighted by atomic mass is 35.5. The Hall–Kier alpha value is -2.61. The number of para-hydroxylation sites is 1. The average molecular weight is 438 g/mol. The number of nitrogens with zero attached hydrogens (tertiary/aromatic N) is 1. The van der Waals surface area contributed by atoms with Crippen molar-refractivity contribution in [1.82, 2.24) is 0 Å². The number of ether oxygens (including phenoxy) is 2. The second-order valence-electron chi connectivity index (χ2n) is 7.03. The lowest BCUT2D eigenvalue weighted by Crippen LogP contribution is -2.24. The van der Waals surface area contributed by atoms with Crippen LogP contribution in [-0.2, 0) is 17.0 Å². The second kappa shape index (κ2) is 9.93. The number of benzene rings is 3. The maximum absolute atomic E-state index is 10.5. The van der Waals surface area contributed by atoms with Crippen LogP contribution < -0.4 is 9.47 Å². The van der Waals surface area contributed by atoms with Gasteiger partial charge in [-0.1, -0.05) is 65.9 Å². The summed E-state index contributed by atoms with van der Waals surface area (Å²) in [5.74, 6) is 1.62. The minimum atomic E-state index is -0.917. The number of aryl methyl sites for hydroxylation is 1. The largest absolute Gasteiger partial charge is 0.493 e. The SMILES string of the molecule is COc1cccc(C(C#N)(Cc2cccc(CCl)c2)Sc2ccc(C)cc2)c1OC. The van der Waals surface area contributed by atoms with Crippen molar-refractivity contribution in [2.45, 2.75) is 28.9 Å². The first-order valence-corrected chi connectivity index (χ1v) is 10.9. The highest BCUT2D eigenvalue weighted by Gasteiger charge is 2.38. The van der Waals surface area contributed by atoms with Gasteiger partial charge in [-0.05, 0) is 36.2 Å². The van der Waals surface area contributed by atoms with Gasteiger partial charge in [-0.3, -0.25) is 0 Å². The standard InChI is InChI=1S/C25H24ClNO2S/c1-18-10-12-21(13-11-18)30-25(17-27,15-19-6-4-7-20(14-19)16-26)22-8-5-9-23(28-2)24(22)29-3/h4-14H,15-16H2,1-3H3. The predicted molar refractivity (Wildman–Crippen MR) is 124 cm³/mol. The van der Waals surface area contributed by atoms with E-state index in [2.05, 4.69) is 31.2 Å². The maximum Gasteiger partial charge on any atom is 0.166 e. The molecular weight excluding hydrogens is 414 g/mol. The molecule has 1 atom stereocenters. The van der Waals surface area contributed by atoms with Crippen LogP contribution in [0.1, 0.15) is 22.3 Å². The van der Waals surface area contributed by atoms with Gasteiger partial charge in [0.05, 0.1) is 20.3 Å². The molecule has 0 amide bonds. The molecule has 3 aromatic carbocycles. The zero-order chi connectivity index (χ0) is 21.6. The van der Waals surface area contributed by atoms with Crippen LogP contribution in [0.25, 0.3) is 0 Å². The van der Waals surface area contributed by atoms with E-state index in [1.807, 2.05) is 48.5 Å². The third kappa shape index (κ3) is 4.75. The van der Waals surface area contributed by atoms with Crippen LogP contribution in [-0.4, -0.2) is 14.2 Å². The topological polar surface area (TPSA) is 42.2 Å². The van der Waals surface area contributed by atoms with Gasteiger partial charge in [0.25, 0.3) is 0 Å². The molecule has 0 saturated carbocycles. The fourth-order valence-corrected chi connectivity index (χ4v) is 4.83. The van der Waals surface area contributed by atoms with Crippen molar-refractivity contribution in [3.8, 4) is 17.6 Å². The van der Waals surface area contributed by atoms with E-state index in [-0.39, 0.29) is 0 Å². The first-order chi connectivity index (χ1) is 14.5. The molecule has 5 heteroatoms. The van der Waals surface area contributed by atoms with E-state index in [4.69, 9.17) is 21.1 Å². The molecule has 0 heterocycles. The highest BCUT2D eigenvalue weighted by Crippen LogP contribution is 2.49. The van der Waals surface area contributed by atoms with Gasteiger partial charge in [0, 0.05) is 22.8 Å². The van der Waals surface area contributed by atoms with E-state index in [0.29, 0.717) is 23.8 Å². The summed E-state index contributed by atoms with van der Waals surface area (Å²) in [7, 11) is 3.21. The average Bonchev–Trinajstić information content (AvgIpc) is 2.79. The Balaban J connectivity index is 2.16. The zero-order valence-electron chi connectivity index (χ0n) is 17.3. The molecule has 30 heavy (non-hydrogen) atoms. The predicted octanol–water partition coefficient (Wildman–Crippen LogP) is 6.50. The number of halogens is 1. The fourth-order valence-electron chi connectivity index (χ4n) is 3.43. The van der Waals surface area contributed by atoms with Gasteiger partial charge in [-0.2, -0.15) is 5.26 Å². The lowest BCUT2D eigenvalue weighted by molar-refractivity contribution is 0.350. The molecule has 3 aromatic rings. The minimum Gasteiger partial charge on any atom is -0.493 e. The fraction of sp³-hybridized carbons (Fsp3) is 0.240. The van der Waals surface area contributed by atoms with Crippen LogP contribution >= 0.6 is 23.4 Å². The van der Waals surface area contributed by atoms with E-state index in [9.17, 15) is 5.26 Å². The molecule has 3 rings (SSSR count). The van der Waals surface area contributed by atoms with Gasteiger partial charge in [0.2, 0.25) is 0 Å². The summed E-state index contributed by atoms with van der Waals surface area (Å²) in [6, 6.07) is 24.6. The quantitative estimate of drug-likeness (QED) is 0.297. The molecule has 3 nitrogen and oxygen atoms in total. The van der Waals surface area contributed by atoms with Crippen molar-refractivity contribution in [3.05, 3.63) is 89.0 Å². The Morgan fingerprint density at radius 1 is 0.967 bits per heavy atom. The summed E-state index contributed by atoms with van der Waals surface area (Å²) in [5, 5.41) is 10.5. The second-order valence-corrected chi connectivity index (χ2v) is 8.67. The summed E-state index contributed by atoms with van der Waals surface area (Å²) < 4.78 is 10.3. The van der Waals surface area contributed by atoms with Crippen molar-refractivity contribution < 1.29 is 9.47 Å². The third-order valence-corrected chi connectivity index (χ3v) is 6.55. The molecule has 0 aliphatic rings. The number of alkyl halides is 1. The van der Waals surface area contributed by atoms with Crippen LogP contribution in [0.2, 0.25) is 0 Å². The van der Waals surface area contributed by atoms with Crippen LogP contribution in [0.5, 0.6) is 11.5 Å². The van der Waals surface area contributed by atoms with Crippen molar-refractivity contribution in [2.24, 2.45) is 0 Å². The molecule has 0 aliphatic heterocycles. The first-order valence-electron chi connectivity index (χ1n) is 9.57. The number of thioether (sulfide) groups is 1. The van der Waals surface area contributed by atoms with E-state index >= 15 is 0 Å². The Kier molecular flexibility index (Phi) is 7.31. The van der Waals surface area contributed by atoms with Crippen LogP contribution in [0.15, 0.2) is 71.6 Å². The smallest absolute Gasteiger partial charge is 0.166 e. The van der Waals surface area contributed by atoms with Crippen LogP contribution in [0.4, 0.5) is 0 Å². The Labute approximate surface area is 187 Å². The molecule has 0 bridgehead atoms. The van der Waals surface area contributed by atoms with Crippen molar-refractivity contribution >= 4 is 23.4 Å².